The van der Waals surface area contributed by atoms with E-state index in [0.29, 0.717) is 0 Å². The van der Waals surface area contributed by atoms with Crippen molar-refractivity contribution in [2.24, 2.45) is 0 Å². The van der Waals surface area contributed by atoms with Gasteiger partial charge >= 0.3 is 0 Å². The van der Waals surface area contributed by atoms with E-state index in [-0.39, 0.29) is 6.15 Å². The van der Waals surface area contributed by atoms with Crippen LogP contribution in [0, 0.1) is 0 Å². The average Bonchev–Trinajstić information content (AvgIpc) is 2.38. The van der Waals surface area contributed by atoms with Gasteiger partial charge in [-0.2, -0.15) is 0 Å². The Morgan fingerprint density at radius 3 is 2.06 bits per heavy atom. The van der Waals surface area contributed by atoms with Gasteiger partial charge in [0.2, 0.25) is 0 Å². The molecule has 2 rings (SSSR count). The summed E-state index contributed by atoms with van der Waals surface area (Å²) in [5.74, 6) is 0. The van der Waals surface area contributed by atoms with Crippen LogP contribution in [-0.4, -0.2) is 0 Å². The summed E-state index contributed by atoms with van der Waals surface area (Å²) in [6.45, 7) is 4.46. The quantitative estimate of drug-likeness (QED) is 0.814. The molecule has 0 bridgehead atoms. The number of rotatable bonds is 3. The molecule has 0 saturated carbocycles. The van der Waals surface area contributed by atoms with Gasteiger partial charge in [0, 0.05) is 0 Å². The number of aryl methyl sites for hydroxylation is 1. The molecule has 1 heteroatoms. The van der Waals surface area contributed by atoms with Gasteiger partial charge in [-0.05, 0) is 35.1 Å². The fourth-order valence-corrected chi connectivity index (χ4v) is 2.27. The molecular formula is C16H21N. The van der Waals surface area contributed by atoms with Gasteiger partial charge in [0.1, 0.15) is 0 Å². The van der Waals surface area contributed by atoms with Crippen molar-refractivity contribution in [2.45, 2.75) is 26.7 Å². The molecule has 3 N–H and O–H groups in total. The van der Waals surface area contributed by atoms with Gasteiger partial charge in [-0.1, -0.05) is 62.4 Å². The third kappa shape index (κ3) is 2.75. The zero-order chi connectivity index (χ0) is 11.4. The minimum Gasteiger partial charge on any atom is -0.344 e. The molecule has 0 heterocycles. The van der Waals surface area contributed by atoms with E-state index in [9.17, 15) is 0 Å². The topological polar surface area (TPSA) is 35.0 Å². The Morgan fingerprint density at radius 2 is 1.47 bits per heavy atom. The Balaban J connectivity index is 0.00000144. The maximum Gasteiger partial charge on any atom is -0.0149 e. The Bertz CT molecular complexity index is 460. The highest BCUT2D eigenvalue weighted by atomic mass is 14.1. The maximum atomic E-state index is 2.24. The third-order valence-electron chi connectivity index (χ3n) is 3.09. The van der Waals surface area contributed by atoms with Gasteiger partial charge in [0.25, 0.3) is 0 Å². The summed E-state index contributed by atoms with van der Waals surface area (Å²) in [5, 5.41) is 0. The van der Waals surface area contributed by atoms with Crippen molar-refractivity contribution < 1.29 is 0 Å². The first kappa shape index (κ1) is 13.5. The molecule has 2 aromatic rings. The maximum absolute atomic E-state index is 2.24. The molecule has 0 aromatic heterocycles. The van der Waals surface area contributed by atoms with Crippen LogP contribution in [0.25, 0.3) is 11.1 Å². The molecule has 1 nitrogen and oxygen atoms in total. The molecule has 0 amide bonds. The number of benzene rings is 2. The van der Waals surface area contributed by atoms with Crippen LogP contribution in [0.3, 0.4) is 0 Å². The molecule has 0 radical (unpaired) electrons. The van der Waals surface area contributed by atoms with Crippen LogP contribution in [0.4, 0.5) is 0 Å². The van der Waals surface area contributed by atoms with Crippen molar-refractivity contribution in [1.29, 1.82) is 0 Å². The molecule has 0 fully saturated rings. The van der Waals surface area contributed by atoms with Gasteiger partial charge in [-0.25, -0.2) is 0 Å². The van der Waals surface area contributed by atoms with Crippen LogP contribution >= 0.6 is 0 Å². The Kier molecular flexibility index (Phi) is 4.92. The first-order valence-corrected chi connectivity index (χ1v) is 6.03. The smallest absolute Gasteiger partial charge is 0.0149 e. The average molecular weight is 227 g/mol. The predicted octanol–water partition coefficient (Wildman–Crippen LogP) is 4.64. The standard InChI is InChI=1S/C16H18.H3N/c1-3-13-11-8-12-16(15(13)4-2)14-9-6-5-7-10-14;/h5-12H,3-4H2,1-2H3;1H3. The molecule has 0 aliphatic carbocycles. The van der Waals surface area contributed by atoms with Crippen LogP contribution in [0.5, 0.6) is 0 Å². The minimum absolute atomic E-state index is 0. The fourth-order valence-electron chi connectivity index (χ4n) is 2.27. The van der Waals surface area contributed by atoms with Crippen molar-refractivity contribution in [3.8, 4) is 11.1 Å². The highest BCUT2D eigenvalue weighted by molar-refractivity contribution is 5.68. The molecule has 17 heavy (non-hydrogen) atoms. The van der Waals surface area contributed by atoms with Gasteiger partial charge in [0.15, 0.2) is 0 Å². The Morgan fingerprint density at radius 1 is 0.765 bits per heavy atom. The Labute approximate surface area is 104 Å². The Hall–Kier alpha value is -1.60. The first-order chi connectivity index (χ1) is 7.86. The zero-order valence-electron chi connectivity index (χ0n) is 10.7. The van der Waals surface area contributed by atoms with Crippen molar-refractivity contribution in [1.82, 2.24) is 6.15 Å². The molecule has 0 atom stereocenters. The van der Waals surface area contributed by atoms with Crippen LogP contribution < -0.4 is 6.15 Å². The molecule has 0 saturated heterocycles. The van der Waals surface area contributed by atoms with Gasteiger partial charge in [-0.3, -0.25) is 0 Å². The minimum atomic E-state index is 0. The highest BCUT2D eigenvalue weighted by Crippen LogP contribution is 2.26. The second-order valence-corrected chi connectivity index (χ2v) is 4.02. The molecule has 0 unspecified atom stereocenters. The summed E-state index contributed by atoms with van der Waals surface area (Å²) >= 11 is 0. The summed E-state index contributed by atoms with van der Waals surface area (Å²) in [6.07, 6.45) is 2.22. The highest BCUT2D eigenvalue weighted by Gasteiger charge is 2.06. The largest absolute Gasteiger partial charge is 0.344 e. The normalized spacial score (nSPS) is 9.76. The van der Waals surface area contributed by atoms with E-state index < -0.39 is 0 Å². The summed E-state index contributed by atoms with van der Waals surface area (Å²) < 4.78 is 0. The summed E-state index contributed by atoms with van der Waals surface area (Å²) in [6, 6.07) is 17.3. The van der Waals surface area contributed by atoms with Crippen molar-refractivity contribution in [3.63, 3.8) is 0 Å². The van der Waals surface area contributed by atoms with E-state index in [0.717, 1.165) is 12.8 Å². The molecule has 0 aliphatic heterocycles. The van der Waals surface area contributed by atoms with Crippen molar-refractivity contribution >= 4 is 0 Å². The second kappa shape index (κ2) is 6.21. The van der Waals surface area contributed by atoms with Crippen LogP contribution in [0.2, 0.25) is 0 Å². The van der Waals surface area contributed by atoms with Crippen molar-refractivity contribution in [3.05, 3.63) is 59.7 Å². The third-order valence-corrected chi connectivity index (χ3v) is 3.09. The summed E-state index contributed by atoms with van der Waals surface area (Å²) in [5.41, 5.74) is 5.69. The lowest BCUT2D eigenvalue weighted by molar-refractivity contribution is 1.04. The van der Waals surface area contributed by atoms with E-state index in [1.54, 1.807) is 0 Å². The van der Waals surface area contributed by atoms with Crippen LogP contribution in [0.15, 0.2) is 48.5 Å². The van der Waals surface area contributed by atoms with E-state index in [4.69, 9.17) is 0 Å². The molecule has 2 aromatic carbocycles. The molecule has 90 valence electrons. The monoisotopic (exact) mass is 227 g/mol. The number of hydrogen-bond acceptors (Lipinski definition) is 1. The van der Waals surface area contributed by atoms with E-state index in [2.05, 4.69) is 62.4 Å². The number of hydrogen-bond donors (Lipinski definition) is 1. The summed E-state index contributed by atoms with van der Waals surface area (Å²) in [4.78, 5) is 0. The van der Waals surface area contributed by atoms with Crippen LogP contribution in [-0.2, 0) is 12.8 Å². The lowest BCUT2D eigenvalue weighted by Crippen LogP contribution is -1.94. The van der Waals surface area contributed by atoms with E-state index >= 15 is 0 Å². The van der Waals surface area contributed by atoms with Gasteiger partial charge in [0.05, 0.1) is 0 Å². The molecular weight excluding hydrogens is 206 g/mol. The lowest BCUT2D eigenvalue weighted by atomic mass is 9.93. The van der Waals surface area contributed by atoms with E-state index in [1.807, 2.05) is 0 Å². The van der Waals surface area contributed by atoms with Gasteiger partial charge in [-0.15, -0.1) is 0 Å². The van der Waals surface area contributed by atoms with E-state index in [1.165, 1.54) is 22.3 Å². The predicted molar refractivity (Wildman–Crippen MR) is 75.7 cm³/mol. The molecule has 0 spiro atoms. The van der Waals surface area contributed by atoms with Gasteiger partial charge < -0.3 is 6.15 Å². The van der Waals surface area contributed by atoms with Crippen LogP contribution in [0.1, 0.15) is 25.0 Å². The fraction of sp³-hybridized carbons (Fsp3) is 0.250. The zero-order valence-corrected chi connectivity index (χ0v) is 10.7. The second-order valence-electron chi connectivity index (χ2n) is 4.02. The molecule has 0 aliphatic rings. The SMILES string of the molecule is CCc1cccc(-c2ccccc2)c1CC.N. The summed E-state index contributed by atoms with van der Waals surface area (Å²) in [7, 11) is 0. The first-order valence-electron chi connectivity index (χ1n) is 6.03. The lowest BCUT2D eigenvalue weighted by Gasteiger charge is -2.12. The van der Waals surface area contributed by atoms with Crippen molar-refractivity contribution in [2.75, 3.05) is 0 Å².